The van der Waals surface area contributed by atoms with E-state index < -0.39 is 15.3 Å². The fourth-order valence-corrected chi connectivity index (χ4v) is 2.11. The van der Waals surface area contributed by atoms with Gasteiger partial charge in [0.15, 0.2) is 5.25 Å². The van der Waals surface area contributed by atoms with Crippen molar-refractivity contribution in [3.8, 4) is 17.9 Å². The van der Waals surface area contributed by atoms with Crippen LogP contribution in [0.25, 0.3) is 0 Å². The van der Waals surface area contributed by atoms with Crippen LogP contribution in [0.1, 0.15) is 18.1 Å². The van der Waals surface area contributed by atoms with Gasteiger partial charge in [-0.3, -0.25) is 4.72 Å². The summed E-state index contributed by atoms with van der Waals surface area (Å²) in [6, 6.07) is 6.68. The van der Waals surface area contributed by atoms with E-state index in [1.54, 1.807) is 24.3 Å². The third kappa shape index (κ3) is 3.99. The Morgan fingerprint density at radius 2 is 2.16 bits per heavy atom. The molecule has 0 aromatic heterocycles. The predicted octanol–water partition coefficient (Wildman–Crippen LogP) is 0.959. The summed E-state index contributed by atoms with van der Waals surface area (Å²) in [6.45, 7) is 3.43. The minimum atomic E-state index is -3.68. The quantitative estimate of drug-likeness (QED) is 0.804. The van der Waals surface area contributed by atoms with Crippen LogP contribution in [-0.2, 0) is 10.0 Å². The monoisotopic (exact) mass is 277 g/mol. The van der Waals surface area contributed by atoms with Crippen molar-refractivity contribution in [2.24, 2.45) is 5.73 Å². The molecular weight excluding hydrogens is 262 g/mol. The molecule has 0 radical (unpaired) electrons. The van der Waals surface area contributed by atoms with Gasteiger partial charge in [-0.1, -0.05) is 11.8 Å². The van der Waals surface area contributed by atoms with Crippen molar-refractivity contribution in [1.82, 2.24) is 0 Å². The van der Waals surface area contributed by atoms with E-state index in [-0.39, 0.29) is 6.54 Å². The number of nitrogens with zero attached hydrogens (tertiary/aromatic N) is 1. The zero-order valence-electron chi connectivity index (χ0n) is 10.8. The van der Waals surface area contributed by atoms with Crippen LogP contribution >= 0.6 is 0 Å². The van der Waals surface area contributed by atoms with Crippen LogP contribution in [0.5, 0.6) is 0 Å². The largest absolute Gasteiger partial charge is 0.320 e. The van der Waals surface area contributed by atoms with E-state index in [1.807, 2.05) is 6.92 Å². The van der Waals surface area contributed by atoms with Gasteiger partial charge in [0.2, 0.25) is 10.0 Å². The molecule has 0 spiro atoms. The lowest BCUT2D eigenvalue weighted by Gasteiger charge is -2.10. The minimum absolute atomic E-state index is 0.271. The van der Waals surface area contributed by atoms with E-state index in [2.05, 4.69) is 16.6 Å². The number of rotatable bonds is 3. The van der Waals surface area contributed by atoms with Gasteiger partial charge in [0.25, 0.3) is 0 Å². The van der Waals surface area contributed by atoms with Gasteiger partial charge in [0.05, 0.1) is 12.6 Å². The first-order chi connectivity index (χ1) is 8.90. The maximum atomic E-state index is 11.7. The molecule has 1 unspecified atom stereocenters. The van der Waals surface area contributed by atoms with Gasteiger partial charge in [0, 0.05) is 11.3 Å². The first kappa shape index (κ1) is 15.0. The lowest BCUT2D eigenvalue weighted by Crippen LogP contribution is -2.23. The van der Waals surface area contributed by atoms with E-state index in [9.17, 15) is 8.42 Å². The minimum Gasteiger partial charge on any atom is -0.320 e. The molecule has 0 aliphatic rings. The first-order valence-electron chi connectivity index (χ1n) is 5.61. The zero-order chi connectivity index (χ0) is 14.5. The number of hydrogen-bond donors (Lipinski definition) is 2. The van der Waals surface area contributed by atoms with Crippen molar-refractivity contribution in [2.45, 2.75) is 19.1 Å². The molecule has 19 heavy (non-hydrogen) atoms. The Morgan fingerprint density at radius 3 is 2.68 bits per heavy atom. The van der Waals surface area contributed by atoms with Gasteiger partial charge in [0.1, 0.15) is 0 Å². The second-order valence-electron chi connectivity index (χ2n) is 3.95. The summed E-state index contributed by atoms with van der Waals surface area (Å²) in [5.74, 6) is 5.63. The summed E-state index contributed by atoms with van der Waals surface area (Å²) >= 11 is 0. The molecule has 0 aliphatic heterocycles. The maximum Gasteiger partial charge on any atom is 0.248 e. The van der Waals surface area contributed by atoms with Crippen LogP contribution in [0.3, 0.4) is 0 Å². The number of sulfonamides is 1. The van der Waals surface area contributed by atoms with E-state index in [4.69, 9.17) is 11.0 Å². The Bertz CT molecular complexity index is 663. The van der Waals surface area contributed by atoms with Crippen LogP contribution in [0.4, 0.5) is 5.69 Å². The van der Waals surface area contributed by atoms with Crippen molar-refractivity contribution < 1.29 is 8.42 Å². The molecule has 3 N–H and O–H groups in total. The molecule has 100 valence electrons. The predicted molar refractivity (Wildman–Crippen MR) is 74.7 cm³/mol. The Morgan fingerprint density at radius 1 is 1.47 bits per heavy atom. The molecule has 1 aromatic carbocycles. The molecule has 0 bridgehead atoms. The summed E-state index contributed by atoms with van der Waals surface area (Å²) in [5.41, 5.74) is 7.34. The second kappa shape index (κ2) is 6.24. The SMILES string of the molecule is Cc1cc(NS(=O)(=O)C(C)C#N)ccc1C#CCN. The molecule has 0 saturated carbocycles. The van der Waals surface area contributed by atoms with Crippen molar-refractivity contribution in [1.29, 1.82) is 5.26 Å². The highest BCUT2D eigenvalue weighted by Crippen LogP contribution is 2.16. The molecule has 0 heterocycles. The highest BCUT2D eigenvalue weighted by atomic mass is 32.2. The van der Waals surface area contributed by atoms with Gasteiger partial charge >= 0.3 is 0 Å². The van der Waals surface area contributed by atoms with Crippen LogP contribution < -0.4 is 10.5 Å². The Hall–Kier alpha value is -2.02. The van der Waals surface area contributed by atoms with Gasteiger partial charge in [-0.2, -0.15) is 5.26 Å². The summed E-state index contributed by atoms with van der Waals surface area (Å²) in [7, 11) is -3.68. The normalized spacial score (nSPS) is 11.9. The fourth-order valence-electron chi connectivity index (χ4n) is 1.34. The number of anilines is 1. The second-order valence-corrected chi connectivity index (χ2v) is 5.96. The Kier molecular flexibility index (Phi) is 4.94. The van der Waals surface area contributed by atoms with E-state index in [0.29, 0.717) is 5.69 Å². The first-order valence-corrected chi connectivity index (χ1v) is 7.16. The maximum absolute atomic E-state index is 11.7. The highest BCUT2D eigenvalue weighted by molar-refractivity contribution is 7.93. The van der Waals surface area contributed by atoms with E-state index in [0.717, 1.165) is 11.1 Å². The van der Waals surface area contributed by atoms with Crippen molar-refractivity contribution in [3.63, 3.8) is 0 Å². The van der Waals surface area contributed by atoms with Crippen LogP contribution in [0, 0.1) is 30.1 Å². The fraction of sp³-hybridized carbons (Fsp3) is 0.308. The highest BCUT2D eigenvalue weighted by Gasteiger charge is 2.19. The molecule has 0 amide bonds. The summed E-state index contributed by atoms with van der Waals surface area (Å²) in [6.07, 6.45) is 0. The lowest BCUT2D eigenvalue weighted by molar-refractivity contribution is 0.597. The van der Waals surface area contributed by atoms with Gasteiger partial charge < -0.3 is 5.73 Å². The standard InChI is InChI=1S/C13H15N3O2S/c1-10-8-13(6-5-12(10)4-3-7-14)16-19(17,18)11(2)9-15/h5-6,8,11,16H,7,14H2,1-2H3. The van der Waals surface area contributed by atoms with Crippen LogP contribution in [-0.4, -0.2) is 20.2 Å². The molecule has 0 fully saturated rings. The van der Waals surface area contributed by atoms with E-state index >= 15 is 0 Å². The third-order valence-corrected chi connectivity index (χ3v) is 4.02. The number of nitriles is 1. The van der Waals surface area contributed by atoms with E-state index in [1.165, 1.54) is 6.92 Å². The summed E-state index contributed by atoms with van der Waals surface area (Å²) in [4.78, 5) is 0. The van der Waals surface area contributed by atoms with Gasteiger partial charge in [-0.25, -0.2) is 8.42 Å². The molecular formula is C13H15N3O2S. The van der Waals surface area contributed by atoms with Crippen molar-refractivity contribution in [2.75, 3.05) is 11.3 Å². The number of hydrogen-bond acceptors (Lipinski definition) is 4. The molecule has 1 rings (SSSR count). The number of aryl methyl sites for hydroxylation is 1. The smallest absolute Gasteiger partial charge is 0.248 e. The molecule has 5 nitrogen and oxygen atoms in total. The average Bonchev–Trinajstić information content (AvgIpc) is 2.36. The zero-order valence-corrected chi connectivity index (χ0v) is 11.6. The molecule has 1 aromatic rings. The number of nitrogens with two attached hydrogens (primary N) is 1. The van der Waals surface area contributed by atoms with Crippen molar-refractivity contribution in [3.05, 3.63) is 29.3 Å². The number of nitrogens with one attached hydrogen (secondary N) is 1. The number of benzene rings is 1. The molecule has 0 saturated heterocycles. The van der Waals surface area contributed by atoms with Crippen LogP contribution in [0.15, 0.2) is 18.2 Å². The van der Waals surface area contributed by atoms with Gasteiger partial charge in [-0.15, -0.1) is 0 Å². The summed E-state index contributed by atoms with van der Waals surface area (Å²) in [5, 5.41) is 7.54. The molecule has 0 aliphatic carbocycles. The molecule has 6 heteroatoms. The topological polar surface area (TPSA) is 96.0 Å². The van der Waals surface area contributed by atoms with Gasteiger partial charge in [-0.05, 0) is 37.6 Å². The Balaban J connectivity index is 3.01. The van der Waals surface area contributed by atoms with Crippen LogP contribution in [0.2, 0.25) is 0 Å². The lowest BCUT2D eigenvalue weighted by atomic mass is 10.1. The average molecular weight is 277 g/mol. The molecule has 1 atom stereocenters. The summed E-state index contributed by atoms with van der Waals surface area (Å²) < 4.78 is 25.8. The van der Waals surface area contributed by atoms with Crippen molar-refractivity contribution >= 4 is 15.7 Å². The Labute approximate surface area is 113 Å². The third-order valence-electron chi connectivity index (χ3n) is 2.46.